The van der Waals surface area contributed by atoms with E-state index in [1.54, 1.807) is 0 Å². The van der Waals surface area contributed by atoms with Gasteiger partial charge >= 0.3 is 0 Å². The van der Waals surface area contributed by atoms with Gasteiger partial charge in [-0.25, -0.2) is 0 Å². The smallest absolute Gasteiger partial charge is 0.251 e. The lowest BCUT2D eigenvalue weighted by molar-refractivity contribution is -0.124. The molecule has 4 nitrogen and oxygen atoms in total. The van der Waals surface area contributed by atoms with Crippen molar-refractivity contribution in [2.24, 2.45) is 0 Å². The molecule has 0 saturated carbocycles. The summed E-state index contributed by atoms with van der Waals surface area (Å²) in [7, 11) is 0. The van der Waals surface area contributed by atoms with Crippen LogP contribution in [-0.2, 0) is 16.0 Å². The largest absolute Gasteiger partial charge is 0.341 e. The lowest BCUT2D eigenvalue weighted by atomic mass is 10.0. The number of hydrogen-bond acceptors (Lipinski definition) is 2. The summed E-state index contributed by atoms with van der Waals surface area (Å²) in [5.41, 5.74) is 2.81. The topological polar surface area (TPSA) is 58.2 Å². The first-order valence-corrected chi connectivity index (χ1v) is 5.32. The van der Waals surface area contributed by atoms with Crippen LogP contribution in [0.5, 0.6) is 0 Å². The second-order valence-corrected chi connectivity index (χ2v) is 3.90. The second-order valence-electron chi connectivity index (χ2n) is 3.90. The fraction of sp³-hybridized carbons (Fsp3) is 0.333. The summed E-state index contributed by atoms with van der Waals surface area (Å²) in [5, 5.41) is 5.40. The van der Waals surface area contributed by atoms with Gasteiger partial charge in [-0.1, -0.05) is 19.1 Å². The average Bonchev–Trinajstić information content (AvgIpc) is 2.54. The zero-order valence-corrected chi connectivity index (χ0v) is 9.33. The molecule has 1 aromatic rings. The predicted octanol–water partition coefficient (Wildman–Crippen LogP) is 1.38. The highest BCUT2D eigenvalue weighted by Gasteiger charge is 2.30. The van der Waals surface area contributed by atoms with Gasteiger partial charge in [-0.3, -0.25) is 9.59 Å². The summed E-state index contributed by atoms with van der Waals surface area (Å²) >= 11 is 0. The van der Waals surface area contributed by atoms with Crippen LogP contribution in [-0.4, -0.2) is 11.8 Å². The number of amides is 2. The maximum atomic E-state index is 11.6. The third-order valence-electron chi connectivity index (χ3n) is 2.70. The van der Waals surface area contributed by atoms with Gasteiger partial charge in [0.1, 0.15) is 6.04 Å². The van der Waals surface area contributed by atoms with Crippen molar-refractivity contribution in [3.05, 3.63) is 29.3 Å². The van der Waals surface area contributed by atoms with Crippen LogP contribution in [0.4, 0.5) is 5.69 Å². The van der Waals surface area contributed by atoms with Gasteiger partial charge < -0.3 is 10.6 Å². The van der Waals surface area contributed by atoms with E-state index in [-0.39, 0.29) is 11.8 Å². The Kier molecular flexibility index (Phi) is 2.64. The van der Waals surface area contributed by atoms with E-state index in [9.17, 15) is 9.59 Å². The minimum atomic E-state index is -0.543. The number of hydrogen-bond donors (Lipinski definition) is 2. The van der Waals surface area contributed by atoms with Crippen LogP contribution in [0.2, 0.25) is 0 Å². The van der Waals surface area contributed by atoms with Crippen molar-refractivity contribution in [2.45, 2.75) is 26.3 Å². The molecule has 1 aromatic carbocycles. The molecule has 2 N–H and O–H groups in total. The average molecular weight is 218 g/mol. The summed E-state index contributed by atoms with van der Waals surface area (Å²) in [6.07, 6.45) is 0.911. The molecule has 16 heavy (non-hydrogen) atoms. The number of anilines is 1. The monoisotopic (exact) mass is 218 g/mol. The molecule has 1 atom stereocenters. The highest BCUT2D eigenvalue weighted by molar-refractivity contribution is 6.04. The molecular formula is C12H14N2O2. The van der Waals surface area contributed by atoms with Gasteiger partial charge in [-0.05, 0) is 18.1 Å². The number of rotatable bonds is 2. The molecule has 0 aliphatic carbocycles. The van der Waals surface area contributed by atoms with Gasteiger partial charge in [0.05, 0.1) is 0 Å². The van der Waals surface area contributed by atoms with E-state index in [4.69, 9.17) is 0 Å². The first-order chi connectivity index (χ1) is 7.61. The molecule has 0 bridgehead atoms. The predicted molar refractivity (Wildman–Crippen MR) is 61.0 cm³/mol. The molecule has 0 radical (unpaired) electrons. The SMILES string of the molecule is CCc1ccc2c(c1)[C@@H](NC(C)=O)C(=O)N2. The van der Waals surface area contributed by atoms with E-state index in [2.05, 4.69) is 17.6 Å². The zero-order chi connectivity index (χ0) is 11.7. The van der Waals surface area contributed by atoms with Crippen LogP contribution >= 0.6 is 0 Å². The second kappa shape index (κ2) is 3.96. The Balaban J connectivity index is 2.37. The number of fused-ring (bicyclic) bond motifs is 1. The molecule has 0 spiro atoms. The number of benzene rings is 1. The van der Waals surface area contributed by atoms with Crippen molar-refractivity contribution in [3.63, 3.8) is 0 Å². The standard InChI is InChI=1S/C12H14N2O2/c1-3-8-4-5-10-9(6-8)11(12(16)14-10)13-7(2)15/h4-6,11H,3H2,1-2H3,(H,13,15)(H,14,16)/t11-/m1/s1. The van der Waals surface area contributed by atoms with Gasteiger partial charge in [0.15, 0.2) is 0 Å². The Morgan fingerprint density at radius 3 is 2.88 bits per heavy atom. The van der Waals surface area contributed by atoms with E-state index in [0.29, 0.717) is 0 Å². The summed E-state index contributed by atoms with van der Waals surface area (Å²) in [6.45, 7) is 3.47. The normalized spacial score (nSPS) is 17.9. The lowest BCUT2D eigenvalue weighted by Gasteiger charge is -2.10. The lowest BCUT2D eigenvalue weighted by Crippen LogP contribution is -2.31. The quantitative estimate of drug-likeness (QED) is 0.787. The van der Waals surface area contributed by atoms with E-state index < -0.39 is 6.04 Å². The summed E-state index contributed by atoms with van der Waals surface area (Å²) in [6, 6.07) is 5.29. The zero-order valence-electron chi connectivity index (χ0n) is 9.33. The third kappa shape index (κ3) is 1.78. The third-order valence-corrected chi connectivity index (χ3v) is 2.70. The fourth-order valence-electron chi connectivity index (χ4n) is 1.88. The van der Waals surface area contributed by atoms with Crippen molar-refractivity contribution in [2.75, 3.05) is 5.32 Å². The summed E-state index contributed by atoms with van der Waals surface area (Å²) < 4.78 is 0. The Morgan fingerprint density at radius 1 is 1.50 bits per heavy atom. The Labute approximate surface area is 94.0 Å². The molecular weight excluding hydrogens is 204 g/mol. The van der Waals surface area contributed by atoms with E-state index in [1.807, 2.05) is 18.2 Å². The van der Waals surface area contributed by atoms with Crippen molar-refractivity contribution in [1.82, 2.24) is 5.32 Å². The first-order valence-electron chi connectivity index (χ1n) is 5.32. The van der Waals surface area contributed by atoms with Crippen LogP contribution in [0.1, 0.15) is 31.0 Å². The fourth-order valence-corrected chi connectivity index (χ4v) is 1.88. The molecule has 2 rings (SSSR count). The Hall–Kier alpha value is -1.84. The van der Waals surface area contributed by atoms with Crippen LogP contribution < -0.4 is 10.6 Å². The van der Waals surface area contributed by atoms with Crippen LogP contribution in [0.25, 0.3) is 0 Å². The van der Waals surface area contributed by atoms with Gasteiger partial charge in [0.25, 0.3) is 5.91 Å². The van der Waals surface area contributed by atoms with E-state index in [0.717, 1.165) is 23.2 Å². The Bertz CT molecular complexity index is 454. The molecule has 0 aromatic heterocycles. The van der Waals surface area contributed by atoms with Crippen LogP contribution in [0, 0.1) is 0 Å². The van der Waals surface area contributed by atoms with Crippen LogP contribution in [0.3, 0.4) is 0 Å². The highest BCUT2D eigenvalue weighted by Crippen LogP contribution is 2.31. The van der Waals surface area contributed by atoms with Crippen LogP contribution in [0.15, 0.2) is 18.2 Å². The van der Waals surface area contributed by atoms with Crippen molar-refractivity contribution in [1.29, 1.82) is 0 Å². The summed E-state index contributed by atoms with van der Waals surface area (Å²) in [4.78, 5) is 22.7. The van der Waals surface area contributed by atoms with Gasteiger partial charge in [-0.15, -0.1) is 0 Å². The number of aryl methyl sites for hydroxylation is 1. The maximum absolute atomic E-state index is 11.6. The first kappa shape index (κ1) is 10.7. The molecule has 0 fully saturated rings. The van der Waals surface area contributed by atoms with Gasteiger partial charge in [0, 0.05) is 18.2 Å². The Morgan fingerprint density at radius 2 is 2.25 bits per heavy atom. The van der Waals surface area contributed by atoms with Crippen molar-refractivity contribution in [3.8, 4) is 0 Å². The van der Waals surface area contributed by atoms with Gasteiger partial charge in [0.2, 0.25) is 5.91 Å². The molecule has 1 heterocycles. The molecule has 0 unspecified atom stereocenters. The van der Waals surface area contributed by atoms with E-state index in [1.165, 1.54) is 6.92 Å². The molecule has 4 heteroatoms. The number of carbonyl (C=O) groups excluding carboxylic acids is 2. The molecule has 0 saturated heterocycles. The summed E-state index contributed by atoms with van der Waals surface area (Å²) in [5.74, 6) is -0.367. The van der Waals surface area contributed by atoms with E-state index >= 15 is 0 Å². The maximum Gasteiger partial charge on any atom is 0.251 e. The molecule has 1 aliphatic heterocycles. The van der Waals surface area contributed by atoms with Crippen molar-refractivity contribution >= 4 is 17.5 Å². The minimum absolute atomic E-state index is 0.168. The number of carbonyl (C=O) groups is 2. The number of nitrogens with one attached hydrogen (secondary N) is 2. The minimum Gasteiger partial charge on any atom is -0.341 e. The molecule has 2 amide bonds. The molecule has 1 aliphatic rings. The highest BCUT2D eigenvalue weighted by atomic mass is 16.2. The van der Waals surface area contributed by atoms with Crippen molar-refractivity contribution < 1.29 is 9.59 Å². The molecule has 84 valence electrons. The van der Waals surface area contributed by atoms with Gasteiger partial charge in [-0.2, -0.15) is 0 Å².